The molecule has 1 heterocycles. The van der Waals surface area contributed by atoms with Crippen molar-refractivity contribution in [2.45, 2.75) is 45.3 Å². The van der Waals surface area contributed by atoms with Crippen LogP contribution in [0.5, 0.6) is 0 Å². The fourth-order valence-corrected chi connectivity index (χ4v) is 2.93. The van der Waals surface area contributed by atoms with E-state index in [1.165, 1.54) is 0 Å². The Morgan fingerprint density at radius 2 is 2.30 bits per heavy atom. The molecule has 0 aromatic heterocycles. The highest BCUT2D eigenvalue weighted by Crippen LogP contribution is 2.31. The van der Waals surface area contributed by atoms with E-state index < -0.39 is 6.10 Å². The van der Waals surface area contributed by atoms with Gasteiger partial charge in [-0.05, 0) is 43.9 Å². The van der Waals surface area contributed by atoms with E-state index in [4.69, 9.17) is 16.3 Å². The molecule has 2 rings (SSSR count). The van der Waals surface area contributed by atoms with Crippen molar-refractivity contribution in [2.75, 3.05) is 24.6 Å². The summed E-state index contributed by atoms with van der Waals surface area (Å²) in [7, 11) is 0. The Balaban J connectivity index is 2.06. The maximum absolute atomic E-state index is 9.60. The van der Waals surface area contributed by atoms with E-state index in [0.29, 0.717) is 11.1 Å². The van der Waals surface area contributed by atoms with Crippen LogP contribution in [0.1, 0.15) is 44.8 Å². The lowest BCUT2D eigenvalue weighted by Crippen LogP contribution is -2.40. The van der Waals surface area contributed by atoms with E-state index in [1.807, 2.05) is 18.2 Å². The minimum absolute atomic E-state index is 0.302. The number of aliphatic hydroxyl groups is 1. The van der Waals surface area contributed by atoms with Crippen molar-refractivity contribution in [1.29, 1.82) is 0 Å². The molecule has 1 saturated heterocycles. The van der Waals surface area contributed by atoms with Crippen molar-refractivity contribution >= 4 is 17.3 Å². The molecule has 1 fully saturated rings. The molecule has 1 unspecified atom stereocenters. The molecule has 3 nitrogen and oxygen atoms in total. The molecule has 1 aliphatic rings. The van der Waals surface area contributed by atoms with Crippen LogP contribution in [-0.2, 0) is 4.74 Å². The van der Waals surface area contributed by atoms with Crippen LogP contribution in [0, 0.1) is 0 Å². The zero-order valence-corrected chi connectivity index (χ0v) is 13.1. The van der Waals surface area contributed by atoms with Crippen molar-refractivity contribution in [3.63, 3.8) is 0 Å². The molecular weight excluding hydrogens is 274 g/mol. The molecule has 1 aliphatic heterocycles. The fraction of sp³-hybridized carbons (Fsp3) is 0.625. The van der Waals surface area contributed by atoms with Gasteiger partial charge in [0.25, 0.3) is 0 Å². The smallest absolute Gasteiger partial charge is 0.0762 e. The van der Waals surface area contributed by atoms with Crippen LogP contribution in [0.25, 0.3) is 0 Å². The third kappa shape index (κ3) is 3.87. The minimum Gasteiger partial charge on any atom is -0.389 e. The van der Waals surface area contributed by atoms with Gasteiger partial charge in [0.15, 0.2) is 0 Å². The summed E-state index contributed by atoms with van der Waals surface area (Å²) in [6, 6.07) is 5.81. The van der Waals surface area contributed by atoms with Crippen LogP contribution in [0.3, 0.4) is 0 Å². The Morgan fingerprint density at radius 1 is 1.50 bits per heavy atom. The number of hydrogen-bond donors (Lipinski definition) is 1. The highest BCUT2D eigenvalue weighted by atomic mass is 35.5. The van der Waals surface area contributed by atoms with E-state index >= 15 is 0 Å². The fourth-order valence-electron chi connectivity index (χ4n) is 2.62. The van der Waals surface area contributed by atoms with E-state index in [0.717, 1.165) is 50.2 Å². The normalized spacial score (nSPS) is 21.0. The van der Waals surface area contributed by atoms with Crippen LogP contribution >= 0.6 is 11.6 Å². The molecule has 0 spiro atoms. The zero-order chi connectivity index (χ0) is 14.5. The summed E-state index contributed by atoms with van der Waals surface area (Å²) in [5.41, 5.74) is 1.90. The molecule has 20 heavy (non-hydrogen) atoms. The number of halogens is 1. The second kappa shape index (κ2) is 7.30. The van der Waals surface area contributed by atoms with Gasteiger partial charge in [-0.2, -0.15) is 0 Å². The average molecular weight is 298 g/mol. The maximum Gasteiger partial charge on any atom is 0.0762 e. The molecule has 1 aromatic carbocycles. The first-order valence-electron chi connectivity index (χ1n) is 7.46. The van der Waals surface area contributed by atoms with E-state index in [-0.39, 0.29) is 0 Å². The zero-order valence-electron chi connectivity index (χ0n) is 12.3. The molecule has 0 saturated carbocycles. The van der Waals surface area contributed by atoms with Crippen molar-refractivity contribution in [3.8, 4) is 0 Å². The highest BCUT2D eigenvalue weighted by molar-refractivity contribution is 6.33. The van der Waals surface area contributed by atoms with E-state index in [9.17, 15) is 5.11 Å². The first kappa shape index (κ1) is 15.6. The predicted molar refractivity (Wildman–Crippen MR) is 83.6 cm³/mol. The van der Waals surface area contributed by atoms with Gasteiger partial charge in [-0.15, -0.1) is 0 Å². The van der Waals surface area contributed by atoms with Gasteiger partial charge in [-0.3, -0.25) is 0 Å². The monoisotopic (exact) mass is 297 g/mol. The van der Waals surface area contributed by atoms with E-state index in [1.54, 1.807) is 6.92 Å². The number of nitrogens with zero attached hydrogens (tertiary/aromatic N) is 1. The SMILES string of the molecule is CCCOC1CCCN(c2ccc([C@@H](C)O)cc2Cl)C1. The largest absolute Gasteiger partial charge is 0.389 e. The number of aliphatic hydroxyl groups excluding tert-OH is 1. The van der Waals surface area contributed by atoms with Crippen LogP contribution in [0.4, 0.5) is 5.69 Å². The van der Waals surface area contributed by atoms with Crippen molar-refractivity contribution in [2.24, 2.45) is 0 Å². The van der Waals surface area contributed by atoms with Gasteiger partial charge >= 0.3 is 0 Å². The van der Waals surface area contributed by atoms with Gasteiger partial charge in [0, 0.05) is 19.7 Å². The van der Waals surface area contributed by atoms with Gasteiger partial charge in [0.2, 0.25) is 0 Å². The van der Waals surface area contributed by atoms with Gasteiger partial charge in [-0.25, -0.2) is 0 Å². The Labute approximate surface area is 126 Å². The Hall–Kier alpha value is -0.770. The topological polar surface area (TPSA) is 32.7 Å². The summed E-state index contributed by atoms with van der Waals surface area (Å²) in [5, 5.41) is 10.3. The van der Waals surface area contributed by atoms with Gasteiger partial charge in [0.05, 0.1) is 22.9 Å². The number of rotatable bonds is 5. The lowest BCUT2D eigenvalue weighted by atomic mass is 10.1. The molecule has 112 valence electrons. The molecule has 0 amide bonds. The third-order valence-electron chi connectivity index (χ3n) is 3.73. The molecule has 4 heteroatoms. The van der Waals surface area contributed by atoms with Crippen molar-refractivity contribution in [1.82, 2.24) is 0 Å². The molecule has 2 atom stereocenters. The number of anilines is 1. The molecular formula is C16H24ClNO2. The van der Waals surface area contributed by atoms with Crippen LogP contribution in [0.2, 0.25) is 5.02 Å². The van der Waals surface area contributed by atoms with Crippen LogP contribution in [-0.4, -0.2) is 30.9 Å². The molecule has 0 aliphatic carbocycles. The van der Waals surface area contributed by atoms with Crippen molar-refractivity contribution in [3.05, 3.63) is 28.8 Å². The van der Waals surface area contributed by atoms with Crippen molar-refractivity contribution < 1.29 is 9.84 Å². The van der Waals surface area contributed by atoms with Gasteiger partial charge in [0.1, 0.15) is 0 Å². The summed E-state index contributed by atoms with van der Waals surface area (Å²) < 4.78 is 5.86. The summed E-state index contributed by atoms with van der Waals surface area (Å²) >= 11 is 6.37. The standard InChI is InChI=1S/C16H24ClNO2/c1-3-9-20-14-5-4-8-18(11-14)16-7-6-13(12(2)19)10-15(16)17/h6-7,10,12,14,19H,3-5,8-9,11H2,1-2H3/t12-,14?/m1/s1. The van der Waals surface area contributed by atoms with Gasteiger partial charge < -0.3 is 14.7 Å². The molecule has 0 bridgehead atoms. The second-order valence-electron chi connectivity index (χ2n) is 5.47. The molecule has 1 aromatic rings. The predicted octanol–water partition coefficient (Wildman–Crippen LogP) is 3.79. The highest BCUT2D eigenvalue weighted by Gasteiger charge is 2.22. The first-order valence-corrected chi connectivity index (χ1v) is 7.83. The summed E-state index contributed by atoms with van der Waals surface area (Å²) in [6.07, 6.45) is 3.13. The summed E-state index contributed by atoms with van der Waals surface area (Å²) in [6.45, 7) is 6.62. The molecule has 1 N–H and O–H groups in total. The number of benzene rings is 1. The lowest BCUT2D eigenvalue weighted by molar-refractivity contribution is 0.0440. The Bertz CT molecular complexity index is 436. The average Bonchev–Trinajstić information content (AvgIpc) is 2.45. The second-order valence-corrected chi connectivity index (χ2v) is 5.88. The van der Waals surface area contributed by atoms with Crippen LogP contribution < -0.4 is 4.90 Å². The summed E-state index contributed by atoms with van der Waals surface area (Å²) in [5.74, 6) is 0. The Morgan fingerprint density at radius 3 is 2.95 bits per heavy atom. The van der Waals surface area contributed by atoms with E-state index in [2.05, 4.69) is 11.8 Å². The summed E-state index contributed by atoms with van der Waals surface area (Å²) in [4.78, 5) is 2.29. The quantitative estimate of drug-likeness (QED) is 0.897. The van der Waals surface area contributed by atoms with Gasteiger partial charge in [-0.1, -0.05) is 24.6 Å². The first-order chi connectivity index (χ1) is 9.61. The minimum atomic E-state index is -0.483. The maximum atomic E-state index is 9.60. The number of piperidine rings is 1. The number of hydrogen-bond acceptors (Lipinski definition) is 3. The lowest BCUT2D eigenvalue weighted by Gasteiger charge is -2.35. The Kier molecular flexibility index (Phi) is 5.70. The van der Waals surface area contributed by atoms with Crippen LogP contribution in [0.15, 0.2) is 18.2 Å². The third-order valence-corrected chi connectivity index (χ3v) is 4.03. The molecule has 0 radical (unpaired) electrons. The number of ether oxygens (including phenoxy) is 1.